The van der Waals surface area contributed by atoms with Crippen LogP contribution in [-0.4, -0.2) is 29.1 Å². The number of hydrazine groups is 1. The third kappa shape index (κ3) is 3.28. The van der Waals surface area contributed by atoms with Crippen LogP contribution >= 0.6 is 0 Å². The molecule has 0 aromatic carbocycles. The highest BCUT2D eigenvalue weighted by Crippen LogP contribution is 2.45. The first-order chi connectivity index (χ1) is 8.00. The van der Waals surface area contributed by atoms with E-state index in [0.29, 0.717) is 0 Å². The van der Waals surface area contributed by atoms with Crippen LogP contribution in [0.3, 0.4) is 0 Å². The second kappa shape index (κ2) is 4.34. The molecule has 0 heterocycles. The number of hydrogen-bond acceptors (Lipinski definition) is 4. The predicted octanol–water partition coefficient (Wildman–Crippen LogP) is 0.669. The van der Waals surface area contributed by atoms with Crippen LogP contribution in [0.5, 0.6) is 0 Å². The number of carbonyl (C=O) groups excluding carboxylic acids is 2. The van der Waals surface area contributed by atoms with Gasteiger partial charge in [-0.1, -0.05) is 0 Å². The highest BCUT2D eigenvalue weighted by Gasteiger charge is 2.62. The number of hydrogen-bond donors (Lipinski definition) is 3. The molecule has 0 aromatic heterocycles. The third-order valence-corrected chi connectivity index (χ3v) is 2.43. The molecule has 0 unspecified atom stereocenters. The van der Waals surface area contributed by atoms with Gasteiger partial charge in [0.25, 0.3) is 11.8 Å². The van der Waals surface area contributed by atoms with Crippen molar-refractivity contribution in [2.75, 3.05) is 0 Å². The number of alkyl halides is 2. The van der Waals surface area contributed by atoms with Crippen molar-refractivity contribution in [2.45, 2.75) is 50.7 Å². The molecule has 6 nitrogen and oxygen atoms in total. The summed E-state index contributed by atoms with van der Waals surface area (Å²) in [6.07, 6.45) is -2.51. The fourth-order valence-electron chi connectivity index (χ4n) is 1.77. The minimum absolute atomic E-state index is 0.781. The summed E-state index contributed by atoms with van der Waals surface area (Å²) in [7, 11) is 0. The zero-order valence-corrected chi connectivity index (χ0v) is 10.5. The van der Waals surface area contributed by atoms with E-state index in [4.69, 9.17) is 10.6 Å². The average Bonchev–Trinajstić information content (AvgIpc) is 2.09. The largest absolute Gasteiger partial charge is 0.444 e. The Balaban J connectivity index is 2.71. The van der Waals surface area contributed by atoms with Gasteiger partial charge in [0, 0.05) is 12.8 Å². The van der Waals surface area contributed by atoms with Crippen molar-refractivity contribution in [3.05, 3.63) is 0 Å². The maximum Gasteiger partial charge on any atom is 0.408 e. The number of rotatable bonds is 2. The Hall–Kier alpha value is -1.44. The van der Waals surface area contributed by atoms with E-state index in [1.807, 2.05) is 0 Å². The quantitative estimate of drug-likeness (QED) is 0.388. The van der Waals surface area contributed by atoms with Crippen molar-refractivity contribution in [1.29, 1.82) is 0 Å². The Morgan fingerprint density at radius 1 is 1.28 bits per heavy atom. The zero-order chi connectivity index (χ0) is 14.2. The number of nitrogens with two attached hydrogens (primary N) is 1. The highest BCUT2D eigenvalue weighted by molar-refractivity contribution is 5.91. The van der Waals surface area contributed by atoms with Crippen LogP contribution in [-0.2, 0) is 9.53 Å². The van der Waals surface area contributed by atoms with E-state index in [-0.39, 0.29) is 0 Å². The number of alkyl carbamates (subject to hydrolysis) is 1. The van der Waals surface area contributed by atoms with Crippen molar-refractivity contribution in [1.82, 2.24) is 10.7 Å². The van der Waals surface area contributed by atoms with Gasteiger partial charge in [-0.05, 0) is 20.8 Å². The van der Waals surface area contributed by atoms with Gasteiger partial charge in [-0.2, -0.15) is 0 Å². The van der Waals surface area contributed by atoms with E-state index in [0.717, 1.165) is 0 Å². The van der Waals surface area contributed by atoms with Crippen LogP contribution in [0.4, 0.5) is 13.6 Å². The molecule has 0 saturated heterocycles. The summed E-state index contributed by atoms with van der Waals surface area (Å²) < 4.78 is 30.7. The molecule has 1 aliphatic rings. The van der Waals surface area contributed by atoms with Gasteiger partial charge in [0.2, 0.25) is 0 Å². The molecular weight excluding hydrogens is 248 g/mol. The molecular formula is C10H17F2N3O3. The number of amides is 2. The molecule has 1 rings (SSSR count). The molecule has 0 bridgehead atoms. The van der Waals surface area contributed by atoms with Crippen molar-refractivity contribution in [3.8, 4) is 0 Å². The monoisotopic (exact) mass is 265 g/mol. The summed E-state index contributed by atoms with van der Waals surface area (Å²) in [5.74, 6) is 1.08. The van der Waals surface area contributed by atoms with Gasteiger partial charge in [-0.15, -0.1) is 0 Å². The van der Waals surface area contributed by atoms with E-state index in [2.05, 4.69) is 5.32 Å². The molecule has 18 heavy (non-hydrogen) atoms. The normalized spacial score (nSPS) is 20.6. The maximum absolute atomic E-state index is 12.9. The molecule has 0 atom stereocenters. The summed E-state index contributed by atoms with van der Waals surface area (Å²) >= 11 is 0. The molecule has 1 saturated carbocycles. The maximum atomic E-state index is 12.9. The Kier molecular flexibility index (Phi) is 3.53. The number of carbonyl (C=O) groups is 2. The topological polar surface area (TPSA) is 93.4 Å². The lowest BCUT2D eigenvalue weighted by molar-refractivity contribution is -0.161. The third-order valence-electron chi connectivity index (χ3n) is 2.43. The first-order valence-electron chi connectivity index (χ1n) is 5.40. The lowest BCUT2D eigenvalue weighted by atomic mass is 9.73. The summed E-state index contributed by atoms with van der Waals surface area (Å²) in [5, 5.41) is 2.16. The summed E-state index contributed by atoms with van der Waals surface area (Å²) in [4.78, 5) is 23.0. The molecule has 1 fully saturated rings. The van der Waals surface area contributed by atoms with Gasteiger partial charge < -0.3 is 10.1 Å². The number of halogens is 2. The smallest absolute Gasteiger partial charge is 0.408 e. The van der Waals surface area contributed by atoms with Gasteiger partial charge in [0.15, 0.2) is 0 Å². The van der Waals surface area contributed by atoms with Crippen molar-refractivity contribution in [2.24, 2.45) is 5.84 Å². The van der Waals surface area contributed by atoms with Crippen molar-refractivity contribution >= 4 is 12.0 Å². The summed E-state index contributed by atoms with van der Waals surface area (Å²) in [5.41, 5.74) is -0.704. The SMILES string of the molecule is CC(C)(C)OC(=O)NC1(C(=O)NN)CC(F)(F)C1. The second-order valence-electron chi connectivity index (χ2n) is 5.39. The zero-order valence-electron chi connectivity index (χ0n) is 10.5. The lowest BCUT2D eigenvalue weighted by Gasteiger charge is -2.45. The Morgan fingerprint density at radius 2 is 1.78 bits per heavy atom. The number of ether oxygens (including phenoxy) is 1. The fourth-order valence-corrected chi connectivity index (χ4v) is 1.77. The Morgan fingerprint density at radius 3 is 2.11 bits per heavy atom. The van der Waals surface area contributed by atoms with Crippen LogP contribution in [0.2, 0.25) is 0 Å². The molecule has 0 spiro atoms. The first kappa shape index (κ1) is 14.6. The molecule has 0 aliphatic heterocycles. The minimum Gasteiger partial charge on any atom is -0.444 e. The van der Waals surface area contributed by atoms with E-state index >= 15 is 0 Å². The fraction of sp³-hybridized carbons (Fsp3) is 0.800. The van der Waals surface area contributed by atoms with Crippen molar-refractivity contribution < 1.29 is 23.1 Å². The summed E-state index contributed by atoms with van der Waals surface area (Å²) in [6, 6.07) is 0. The Labute approximate surface area is 103 Å². The van der Waals surface area contributed by atoms with E-state index in [1.165, 1.54) is 0 Å². The molecule has 4 N–H and O–H groups in total. The molecule has 0 aromatic rings. The molecule has 2 amide bonds. The summed E-state index contributed by atoms with van der Waals surface area (Å²) in [6.45, 7) is 4.87. The van der Waals surface area contributed by atoms with Crippen LogP contribution in [0.25, 0.3) is 0 Å². The predicted molar refractivity (Wildman–Crippen MR) is 58.6 cm³/mol. The van der Waals surface area contributed by atoms with Crippen LogP contribution in [0.15, 0.2) is 0 Å². The van der Waals surface area contributed by atoms with Gasteiger partial charge in [0.1, 0.15) is 11.1 Å². The average molecular weight is 265 g/mol. The van der Waals surface area contributed by atoms with Gasteiger partial charge in [0.05, 0.1) is 0 Å². The van der Waals surface area contributed by atoms with Crippen LogP contribution < -0.4 is 16.6 Å². The lowest BCUT2D eigenvalue weighted by Crippen LogP contribution is -2.70. The van der Waals surface area contributed by atoms with Crippen molar-refractivity contribution in [3.63, 3.8) is 0 Å². The molecule has 8 heteroatoms. The standard InChI is InChI=1S/C10H17F2N3O3/c1-8(2,3)18-7(17)14-9(6(16)15-13)4-10(11,12)5-9/h4-5,13H2,1-3H3,(H,14,17)(H,15,16). The van der Waals surface area contributed by atoms with E-state index in [9.17, 15) is 18.4 Å². The Bertz CT molecular complexity index is 358. The molecule has 104 valence electrons. The van der Waals surface area contributed by atoms with Gasteiger partial charge in [-0.3, -0.25) is 10.2 Å². The van der Waals surface area contributed by atoms with Gasteiger partial charge in [-0.25, -0.2) is 19.4 Å². The molecule has 1 aliphatic carbocycles. The second-order valence-corrected chi connectivity index (χ2v) is 5.39. The van der Waals surface area contributed by atoms with Crippen LogP contribution in [0, 0.1) is 0 Å². The first-order valence-corrected chi connectivity index (χ1v) is 5.40. The highest BCUT2D eigenvalue weighted by atomic mass is 19.3. The van der Waals surface area contributed by atoms with Gasteiger partial charge >= 0.3 is 6.09 Å². The minimum atomic E-state index is -2.98. The van der Waals surface area contributed by atoms with E-state index in [1.54, 1.807) is 26.2 Å². The molecule has 0 radical (unpaired) electrons. The van der Waals surface area contributed by atoms with Crippen LogP contribution in [0.1, 0.15) is 33.6 Å². The van der Waals surface area contributed by atoms with E-state index < -0.39 is 41.9 Å². The number of nitrogens with one attached hydrogen (secondary N) is 2.